The summed E-state index contributed by atoms with van der Waals surface area (Å²) in [5.41, 5.74) is 5.45. The maximum Gasteiger partial charge on any atom is 0.268 e. The van der Waals surface area contributed by atoms with Crippen LogP contribution in [0, 0.1) is 0 Å². The minimum Gasteiger partial charge on any atom is -0.756 e. The minimum absolute atomic E-state index is 0.161. The van der Waals surface area contributed by atoms with Crippen LogP contribution in [-0.2, 0) is 13.6 Å². The molecule has 0 amide bonds. The highest BCUT2D eigenvalue weighted by Crippen LogP contribution is 2.38. The van der Waals surface area contributed by atoms with E-state index in [0.717, 1.165) is 32.2 Å². The summed E-state index contributed by atoms with van der Waals surface area (Å²) in [4.78, 5) is 11.5. The van der Waals surface area contributed by atoms with Gasteiger partial charge >= 0.3 is 0 Å². The Kier molecular flexibility index (Phi) is 13.4. The van der Waals surface area contributed by atoms with E-state index < -0.39 is 7.82 Å². The lowest BCUT2D eigenvalue weighted by atomic mass is 10.1. The van der Waals surface area contributed by atoms with E-state index in [9.17, 15) is 9.46 Å². The smallest absolute Gasteiger partial charge is 0.268 e. The van der Waals surface area contributed by atoms with Gasteiger partial charge in [-0.05, 0) is 19.4 Å². The van der Waals surface area contributed by atoms with Gasteiger partial charge < -0.3 is 24.2 Å². The number of rotatable bonds is 16. The summed E-state index contributed by atoms with van der Waals surface area (Å²) >= 11 is 0. The highest BCUT2D eigenvalue weighted by Gasteiger charge is 2.12. The Labute approximate surface area is 142 Å². The molecular formula is C16H37N2O4P. The van der Waals surface area contributed by atoms with Crippen molar-refractivity contribution < 1.29 is 23.0 Å². The Balaban J connectivity index is 3.40. The van der Waals surface area contributed by atoms with E-state index in [1.165, 1.54) is 32.1 Å². The topological polar surface area (TPSA) is 84.6 Å². The molecule has 0 radical (unpaired) electrons. The lowest BCUT2D eigenvalue weighted by molar-refractivity contribution is -0.870. The lowest BCUT2D eigenvalue weighted by Crippen LogP contribution is -2.37. The number of hydrogen-bond donors (Lipinski definition) is 1. The van der Waals surface area contributed by atoms with E-state index in [1.54, 1.807) is 0 Å². The van der Waals surface area contributed by atoms with Gasteiger partial charge in [-0.3, -0.25) is 4.57 Å². The van der Waals surface area contributed by atoms with E-state index in [4.69, 9.17) is 14.8 Å². The summed E-state index contributed by atoms with van der Waals surface area (Å²) in [6.45, 7) is 1.81. The molecule has 140 valence electrons. The maximum atomic E-state index is 11.5. The van der Waals surface area contributed by atoms with Gasteiger partial charge in [0.25, 0.3) is 7.82 Å². The van der Waals surface area contributed by atoms with Crippen molar-refractivity contribution in [3.63, 3.8) is 0 Å². The molecule has 0 aliphatic carbocycles. The van der Waals surface area contributed by atoms with Crippen LogP contribution < -0.4 is 10.6 Å². The molecule has 1 atom stereocenters. The van der Waals surface area contributed by atoms with Crippen LogP contribution in [0.5, 0.6) is 0 Å². The molecule has 0 bridgehead atoms. The van der Waals surface area contributed by atoms with Crippen LogP contribution in [0.25, 0.3) is 0 Å². The third-order valence-electron chi connectivity index (χ3n) is 3.61. The van der Waals surface area contributed by atoms with E-state index in [1.807, 2.05) is 21.1 Å². The fraction of sp³-hybridized carbons (Fsp3) is 1.00. The summed E-state index contributed by atoms with van der Waals surface area (Å²) in [7, 11) is 1.83. The van der Waals surface area contributed by atoms with Crippen molar-refractivity contribution in [1.82, 2.24) is 0 Å². The van der Waals surface area contributed by atoms with Crippen LogP contribution in [0.2, 0.25) is 0 Å². The van der Waals surface area contributed by atoms with Gasteiger partial charge in [-0.1, -0.05) is 44.9 Å². The average Bonchev–Trinajstić information content (AvgIpc) is 2.43. The quantitative estimate of drug-likeness (QED) is 0.262. The molecule has 0 aromatic heterocycles. The van der Waals surface area contributed by atoms with Crippen LogP contribution in [0.15, 0.2) is 0 Å². The first kappa shape index (κ1) is 23.0. The Bertz CT molecular complexity index is 322. The molecule has 0 heterocycles. The van der Waals surface area contributed by atoms with Gasteiger partial charge in [0, 0.05) is 0 Å². The summed E-state index contributed by atoms with van der Waals surface area (Å²) < 4.78 is 21.9. The number of phosphoric ester groups is 1. The first-order chi connectivity index (χ1) is 10.8. The van der Waals surface area contributed by atoms with Crippen LogP contribution in [0.4, 0.5) is 0 Å². The van der Waals surface area contributed by atoms with Gasteiger partial charge in [0.2, 0.25) is 0 Å². The number of likely N-dealkylation sites (N-methyl/N-ethyl adjacent to an activating group) is 1. The molecule has 7 heteroatoms. The SMILES string of the molecule is C[N+](C)(C)CCOP(=O)([O-])OCCCCCCCCCCCN. The third kappa shape index (κ3) is 18.2. The van der Waals surface area contributed by atoms with E-state index >= 15 is 0 Å². The third-order valence-corrected chi connectivity index (χ3v) is 4.61. The molecule has 23 heavy (non-hydrogen) atoms. The fourth-order valence-electron chi connectivity index (χ4n) is 2.12. The second-order valence-corrected chi connectivity index (χ2v) is 8.51. The number of nitrogens with zero attached hydrogens (tertiary/aromatic N) is 1. The summed E-state index contributed by atoms with van der Waals surface area (Å²) in [5, 5.41) is 0. The molecule has 0 rings (SSSR count). The molecule has 0 aliphatic heterocycles. The van der Waals surface area contributed by atoms with E-state index in [-0.39, 0.29) is 13.2 Å². The normalized spacial score (nSPS) is 14.8. The van der Waals surface area contributed by atoms with Gasteiger partial charge in [0.05, 0.1) is 27.7 Å². The molecule has 0 aromatic carbocycles. The van der Waals surface area contributed by atoms with Crippen molar-refractivity contribution in [3.05, 3.63) is 0 Å². The fourth-order valence-corrected chi connectivity index (χ4v) is 2.86. The first-order valence-electron chi connectivity index (χ1n) is 8.87. The molecule has 0 aliphatic rings. The molecule has 6 nitrogen and oxygen atoms in total. The molecule has 0 saturated heterocycles. The zero-order valence-electron chi connectivity index (χ0n) is 15.3. The Morgan fingerprint density at radius 1 is 0.826 bits per heavy atom. The first-order valence-corrected chi connectivity index (χ1v) is 10.3. The van der Waals surface area contributed by atoms with Crippen molar-refractivity contribution in [1.29, 1.82) is 0 Å². The monoisotopic (exact) mass is 352 g/mol. The van der Waals surface area contributed by atoms with Gasteiger partial charge in [-0.25, -0.2) is 0 Å². The summed E-state index contributed by atoms with van der Waals surface area (Å²) in [6.07, 6.45) is 10.3. The van der Waals surface area contributed by atoms with Crippen molar-refractivity contribution in [2.24, 2.45) is 5.73 Å². The van der Waals surface area contributed by atoms with Gasteiger partial charge in [-0.15, -0.1) is 0 Å². The lowest BCUT2D eigenvalue weighted by Gasteiger charge is -2.27. The zero-order chi connectivity index (χ0) is 17.6. The van der Waals surface area contributed by atoms with Crippen LogP contribution >= 0.6 is 7.82 Å². The highest BCUT2D eigenvalue weighted by molar-refractivity contribution is 7.45. The molecule has 1 unspecified atom stereocenters. The minimum atomic E-state index is -4.13. The number of unbranched alkanes of at least 4 members (excludes halogenated alkanes) is 8. The highest BCUT2D eigenvalue weighted by atomic mass is 31.2. The largest absolute Gasteiger partial charge is 0.756 e. The Hall–Kier alpha value is 0.0300. The van der Waals surface area contributed by atoms with E-state index in [0.29, 0.717) is 11.0 Å². The second-order valence-electron chi connectivity index (χ2n) is 7.10. The molecule has 2 N–H and O–H groups in total. The van der Waals surface area contributed by atoms with Gasteiger partial charge in [0.1, 0.15) is 13.2 Å². The molecule has 0 saturated carbocycles. The molecule has 0 aromatic rings. The second kappa shape index (κ2) is 13.3. The van der Waals surface area contributed by atoms with Crippen molar-refractivity contribution in [2.45, 2.75) is 57.8 Å². The molecule has 0 spiro atoms. The number of nitrogens with two attached hydrogens (primary N) is 1. The number of hydrogen-bond acceptors (Lipinski definition) is 5. The van der Waals surface area contributed by atoms with Crippen molar-refractivity contribution in [3.8, 4) is 0 Å². The molecule has 0 fully saturated rings. The van der Waals surface area contributed by atoms with Gasteiger partial charge in [-0.2, -0.15) is 0 Å². The summed E-state index contributed by atoms with van der Waals surface area (Å²) in [5.74, 6) is 0. The predicted octanol–water partition coefficient (Wildman–Crippen LogP) is 2.66. The Morgan fingerprint density at radius 2 is 1.26 bits per heavy atom. The average molecular weight is 352 g/mol. The zero-order valence-corrected chi connectivity index (χ0v) is 16.2. The van der Waals surface area contributed by atoms with Crippen LogP contribution in [-0.4, -0.2) is 51.9 Å². The Morgan fingerprint density at radius 3 is 1.74 bits per heavy atom. The summed E-state index contributed by atoms with van der Waals surface area (Å²) in [6, 6.07) is 0. The van der Waals surface area contributed by atoms with Crippen molar-refractivity contribution in [2.75, 3.05) is 47.4 Å². The predicted molar refractivity (Wildman–Crippen MR) is 93.0 cm³/mol. The van der Waals surface area contributed by atoms with E-state index in [2.05, 4.69) is 0 Å². The number of quaternary nitrogens is 1. The van der Waals surface area contributed by atoms with Crippen LogP contribution in [0.1, 0.15) is 57.8 Å². The van der Waals surface area contributed by atoms with Crippen LogP contribution in [0.3, 0.4) is 0 Å². The number of phosphoric acid groups is 1. The standard InChI is InChI=1S/C16H37N2O4P/c1-18(2,3)14-16-22-23(19,20)21-15-12-10-8-6-4-5-7-9-11-13-17/h4-17H2,1-3H3. The van der Waals surface area contributed by atoms with Crippen molar-refractivity contribution >= 4 is 7.82 Å². The van der Waals surface area contributed by atoms with Gasteiger partial charge in [0.15, 0.2) is 0 Å². The molecular weight excluding hydrogens is 315 g/mol. The maximum absolute atomic E-state index is 11.5.